The zero-order chi connectivity index (χ0) is 13.3. The van der Waals surface area contributed by atoms with E-state index in [-0.39, 0.29) is 24.9 Å². The lowest BCUT2D eigenvalue weighted by molar-refractivity contribution is -0.149. The minimum absolute atomic E-state index is 0.0477. The Labute approximate surface area is 105 Å². The van der Waals surface area contributed by atoms with Gasteiger partial charge in [-0.15, -0.1) is 0 Å². The van der Waals surface area contributed by atoms with E-state index in [1.807, 2.05) is 6.92 Å². The van der Waals surface area contributed by atoms with Gasteiger partial charge in [0.15, 0.2) is 0 Å². The maximum Gasteiger partial charge on any atom is 0.248 e. The van der Waals surface area contributed by atoms with E-state index in [9.17, 15) is 9.59 Å². The van der Waals surface area contributed by atoms with Crippen LogP contribution in [0.1, 0.15) is 32.4 Å². The summed E-state index contributed by atoms with van der Waals surface area (Å²) in [5.41, 5.74) is -0.866. The van der Waals surface area contributed by atoms with Crippen molar-refractivity contribution >= 4 is 11.8 Å². The molecule has 0 bridgehead atoms. The molecule has 2 heterocycles. The molecule has 0 spiro atoms. The molecule has 1 aliphatic rings. The lowest BCUT2D eigenvalue weighted by Gasteiger charge is -2.36. The molecule has 1 N–H and O–H groups in total. The maximum absolute atomic E-state index is 12.1. The molecule has 1 aromatic rings. The normalized spacial score (nSPS) is 18.9. The lowest BCUT2D eigenvalue weighted by Crippen LogP contribution is -2.63. The molecule has 0 radical (unpaired) electrons. The van der Waals surface area contributed by atoms with Gasteiger partial charge in [0.05, 0.1) is 12.7 Å². The van der Waals surface area contributed by atoms with E-state index in [2.05, 4.69) is 10.3 Å². The second kappa shape index (κ2) is 4.44. The Bertz CT molecular complexity index is 479. The molecule has 98 valence electrons. The quantitative estimate of drug-likeness (QED) is 0.847. The fourth-order valence-corrected chi connectivity index (χ4v) is 1.96. The molecule has 0 aromatic carbocycles. The Morgan fingerprint density at radius 2 is 2.22 bits per heavy atom. The number of hydrogen-bond acceptors (Lipinski definition) is 4. The second-order valence-corrected chi connectivity index (χ2v) is 4.91. The monoisotopic (exact) mass is 251 g/mol. The number of oxazole rings is 1. The summed E-state index contributed by atoms with van der Waals surface area (Å²) in [6.45, 7) is 5.62. The van der Waals surface area contributed by atoms with E-state index >= 15 is 0 Å². The van der Waals surface area contributed by atoms with Crippen molar-refractivity contribution in [3.63, 3.8) is 0 Å². The summed E-state index contributed by atoms with van der Waals surface area (Å²) in [6, 6.07) is 0. The van der Waals surface area contributed by atoms with Crippen molar-refractivity contribution in [2.45, 2.75) is 39.3 Å². The third-order valence-electron chi connectivity index (χ3n) is 2.88. The molecule has 2 amide bonds. The van der Waals surface area contributed by atoms with Gasteiger partial charge in [0.25, 0.3) is 0 Å². The molecule has 1 fully saturated rings. The average molecular weight is 251 g/mol. The third-order valence-corrected chi connectivity index (χ3v) is 2.88. The molecule has 18 heavy (non-hydrogen) atoms. The Morgan fingerprint density at radius 3 is 2.83 bits per heavy atom. The number of aromatic nitrogens is 1. The van der Waals surface area contributed by atoms with Gasteiger partial charge in [0.1, 0.15) is 17.8 Å². The average Bonchev–Trinajstić information content (AvgIpc) is 2.72. The highest BCUT2D eigenvalue weighted by Gasteiger charge is 2.39. The Balaban J connectivity index is 2.12. The van der Waals surface area contributed by atoms with Crippen LogP contribution in [-0.2, 0) is 22.6 Å². The molecule has 1 saturated heterocycles. The predicted molar refractivity (Wildman–Crippen MR) is 63.5 cm³/mol. The number of amides is 2. The van der Waals surface area contributed by atoms with Gasteiger partial charge in [0, 0.05) is 6.42 Å². The van der Waals surface area contributed by atoms with E-state index in [1.54, 1.807) is 20.0 Å². The molecule has 0 saturated carbocycles. The number of nitrogens with zero attached hydrogens (tertiary/aromatic N) is 2. The molecular formula is C12H17N3O3. The summed E-state index contributed by atoms with van der Waals surface area (Å²) in [7, 11) is 0. The van der Waals surface area contributed by atoms with Crippen LogP contribution < -0.4 is 5.32 Å². The molecule has 1 aliphatic heterocycles. The van der Waals surface area contributed by atoms with Gasteiger partial charge in [0.2, 0.25) is 17.7 Å². The van der Waals surface area contributed by atoms with Gasteiger partial charge < -0.3 is 14.6 Å². The zero-order valence-corrected chi connectivity index (χ0v) is 10.8. The van der Waals surface area contributed by atoms with E-state index in [0.717, 1.165) is 12.2 Å². The maximum atomic E-state index is 12.1. The molecule has 0 unspecified atom stereocenters. The summed E-state index contributed by atoms with van der Waals surface area (Å²) >= 11 is 0. The fourth-order valence-electron chi connectivity index (χ4n) is 1.96. The summed E-state index contributed by atoms with van der Waals surface area (Å²) < 4.78 is 5.45. The van der Waals surface area contributed by atoms with Gasteiger partial charge in [-0.05, 0) is 13.8 Å². The smallest absolute Gasteiger partial charge is 0.248 e. The lowest BCUT2D eigenvalue weighted by atomic mass is 10.0. The zero-order valence-electron chi connectivity index (χ0n) is 10.8. The third kappa shape index (κ3) is 2.37. The van der Waals surface area contributed by atoms with Crippen LogP contribution in [-0.4, -0.2) is 33.8 Å². The summed E-state index contributed by atoms with van der Waals surface area (Å²) in [4.78, 5) is 29.2. The number of carbonyl (C=O) groups is 2. The summed E-state index contributed by atoms with van der Waals surface area (Å²) in [5.74, 6) is 0.948. The van der Waals surface area contributed by atoms with Crippen LogP contribution >= 0.6 is 0 Å². The van der Waals surface area contributed by atoms with Crippen LogP contribution in [0, 0.1) is 0 Å². The first kappa shape index (κ1) is 12.6. The number of rotatable bonds is 3. The van der Waals surface area contributed by atoms with Gasteiger partial charge >= 0.3 is 0 Å². The van der Waals surface area contributed by atoms with Crippen LogP contribution in [0.3, 0.4) is 0 Å². The van der Waals surface area contributed by atoms with Crippen molar-refractivity contribution in [1.29, 1.82) is 0 Å². The van der Waals surface area contributed by atoms with Crippen LogP contribution in [0.2, 0.25) is 0 Å². The van der Waals surface area contributed by atoms with Crippen molar-refractivity contribution < 1.29 is 14.0 Å². The number of hydrogen-bond donors (Lipinski definition) is 1. The molecule has 0 atom stereocenters. The Morgan fingerprint density at radius 1 is 1.50 bits per heavy atom. The Hall–Kier alpha value is -1.85. The highest BCUT2D eigenvalue weighted by atomic mass is 16.4. The minimum Gasteiger partial charge on any atom is -0.444 e. The van der Waals surface area contributed by atoms with Gasteiger partial charge in [-0.3, -0.25) is 9.59 Å². The number of aryl methyl sites for hydroxylation is 1. The first-order valence-electron chi connectivity index (χ1n) is 5.96. The first-order chi connectivity index (χ1) is 8.42. The fraction of sp³-hybridized carbons (Fsp3) is 0.583. The highest BCUT2D eigenvalue weighted by molar-refractivity contribution is 5.97. The first-order valence-corrected chi connectivity index (χ1v) is 5.96. The van der Waals surface area contributed by atoms with E-state index in [4.69, 9.17) is 4.42 Å². The van der Waals surface area contributed by atoms with Gasteiger partial charge in [-0.1, -0.05) is 6.92 Å². The minimum atomic E-state index is -0.866. The van der Waals surface area contributed by atoms with Crippen LogP contribution in [0.15, 0.2) is 10.6 Å². The molecule has 1 aromatic heterocycles. The SMILES string of the molecule is CCc1cnc(CN2CC(=O)NC(C)(C)C2=O)o1. The Kier molecular flexibility index (Phi) is 3.11. The molecular weight excluding hydrogens is 234 g/mol. The van der Waals surface area contributed by atoms with Crippen molar-refractivity contribution in [2.24, 2.45) is 0 Å². The molecule has 2 rings (SSSR count). The topological polar surface area (TPSA) is 75.4 Å². The predicted octanol–water partition coefficient (Wildman–Crippen LogP) is 0.474. The molecule has 6 heteroatoms. The number of carbonyl (C=O) groups excluding carboxylic acids is 2. The van der Waals surface area contributed by atoms with Crippen molar-refractivity contribution in [3.8, 4) is 0 Å². The summed E-state index contributed by atoms with van der Waals surface area (Å²) in [5, 5.41) is 2.66. The highest BCUT2D eigenvalue weighted by Crippen LogP contribution is 2.16. The van der Waals surface area contributed by atoms with Crippen molar-refractivity contribution in [3.05, 3.63) is 17.8 Å². The van der Waals surface area contributed by atoms with E-state index in [1.165, 1.54) is 4.90 Å². The number of nitrogens with one attached hydrogen (secondary N) is 1. The van der Waals surface area contributed by atoms with Crippen LogP contribution in [0.4, 0.5) is 0 Å². The van der Waals surface area contributed by atoms with E-state index in [0.29, 0.717) is 5.89 Å². The summed E-state index contributed by atoms with van der Waals surface area (Å²) in [6.07, 6.45) is 2.40. The van der Waals surface area contributed by atoms with Crippen molar-refractivity contribution in [2.75, 3.05) is 6.54 Å². The van der Waals surface area contributed by atoms with Gasteiger partial charge in [-0.25, -0.2) is 4.98 Å². The number of piperazine rings is 1. The van der Waals surface area contributed by atoms with Crippen LogP contribution in [0.5, 0.6) is 0 Å². The van der Waals surface area contributed by atoms with Crippen molar-refractivity contribution in [1.82, 2.24) is 15.2 Å². The van der Waals surface area contributed by atoms with E-state index < -0.39 is 5.54 Å². The van der Waals surface area contributed by atoms with Crippen LogP contribution in [0.25, 0.3) is 0 Å². The second-order valence-electron chi connectivity index (χ2n) is 4.91. The standard InChI is InChI=1S/C12H17N3O3/c1-4-8-5-13-10(18-8)7-15-6-9(16)14-12(2,3)11(15)17/h5H,4,6-7H2,1-3H3,(H,14,16). The molecule has 0 aliphatic carbocycles. The molecule has 6 nitrogen and oxygen atoms in total. The largest absolute Gasteiger partial charge is 0.444 e. The van der Waals surface area contributed by atoms with Gasteiger partial charge in [-0.2, -0.15) is 0 Å².